The third-order valence-corrected chi connectivity index (χ3v) is 5.50. The number of carbonyl (C=O) groups is 1. The van der Waals surface area contributed by atoms with Crippen LogP contribution in [0.1, 0.15) is 21.7 Å². The van der Waals surface area contributed by atoms with Crippen molar-refractivity contribution in [2.45, 2.75) is 12.3 Å². The number of halogens is 5. The first-order chi connectivity index (χ1) is 16.5. The van der Waals surface area contributed by atoms with Crippen LogP contribution in [0.25, 0.3) is 22.6 Å². The third-order valence-electron chi connectivity index (χ3n) is 5.27. The number of ether oxygens (including phenoxy) is 1. The van der Waals surface area contributed by atoms with Gasteiger partial charge in [0, 0.05) is 30.0 Å². The molecule has 3 aromatic rings. The van der Waals surface area contributed by atoms with Crippen LogP contribution in [0.5, 0.6) is 0 Å². The fourth-order valence-electron chi connectivity index (χ4n) is 3.48. The Kier molecular flexibility index (Phi) is 6.28. The van der Waals surface area contributed by atoms with Gasteiger partial charge < -0.3 is 15.0 Å². The van der Waals surface area contributed by atoms with Gasteiger partial charge in [0.2, 0.25) is 5.82 Å². The molecule has 2 heterocycles. The highest BCUT2D eigenvalue weighted by molar-refractivity contribution is 6.30. The number of amides is 1. The van der Waals surface area contributed by atoms with E-state index in [0.717, 1.165) is 10.6 Å². The number of hydrogen-bond acceptors (Lipinski definition) is 5. The Bertz CT molecular complexity index is 1400. The van der Waals surface area contributed by atoms with Crippen molar-refractivity contribution in [3.8, 4) is 0 Å². The van der Waals surface area contributed by atoms with Crippen molar-refractivity contribution in [2.75, 3.05) is 14.2 Å². The number of nitrogens with zero attached hydrogens (tertiary/aromatic N) is 4. The summed E-state index contributed by atoms with van der Waals surface area (Å²) in [6.07, 6.45) is -3.05. The summed E-state index contributed by atoms with van der Waals surface area (Å²) in [5, 5.41) is 2.69. The molecule has 0 aliphatic carbocycles. The zero-order valence-corrected chi connectivity index (χ0v) is 19.2. The SMILES string of the molecule is C=C(OC)c1ccc2c(c1)nc(C(F)(F)F)n2C1=CN(C)C(NC(=O)c2ccc(Cl)cc2F)C=N1. The van der Waals surface area contributed by atoms with E-state index in [1.807, 2.05) is 0 Å². The smallest absolute Gasteiger partial charge is 0.450 e. The maximum absolute atomic E-state index is 14.1. The summed E-state index contributed by atoms with van der Waals surface area (Å²) in [6, 6.07) is 8.06. The van der Waals surface area contributed by atoms with Crippen molar-refractivity contribution in [2.24, 2.45) is 4.99 Å². The lowest BCUT2D eigenvalue weighted by atomic mass is 10.2. The summed E-state index contributed by atoms with van der Waals surface area (Å²) in [5.41, 5.74) is 0.473. The second-order valence-corrected chi connectivity index (χ2v) is 8.01. The summed E-state index contributed by atoms with van der Waals surface area (Å²) in [6.45, 7) is 3.71. The lowest BCUT2D eigenvalue weighted by Crippen LogP contribution is -2.47. The molecule has 2 aromatic carbocycles. The van der Waals surface area contributed by atoms with Gasteiger partial charge >= 0.3 is 6.18 Å². The summed E-state index contributed by atoms with van der Waals surface area (Å²) >= 11 is 5.71. The Morgan fingerprint density at radius 2 is 1.97 bits per heavy atom. The highest BCUT2D eigenvalue weighted by Crippen LogP contribution is 2.35. The summed E-state index contributed by atoms with van der Waals surface area (Å²) in [4.78, 5) is 21.8. The molecule has 0 radical (unpaired) electrons. The monoisotopic (exact) mass is 507 g/mol. The molecular formula is C23H18ClF4N5O2. The fourth-order valence-corrected chi connectivity index (χ4v) is 3.64. The van der Waals surface area contributed by atoms with Crippen molar-refractivity contribution < 1.29 is 27.1 Å². The molecular weight excluding hydrogens is 490 g/mol. The molecule has 35 heavy (non-hydrogen) atoms. The Balaban J connectivity index is 1.67. The van der Waals surface area contributed by atoms with Gasteiger partial charge in [0.1, 0.15) is 17.7 Å². The summed E-state index contributed by atoms with van der Waals surface area (Å²) < 4.78 is 61.5. The molecule has 0 spiro atoms. The number of aliphatic imine (C=N–C) groups is 1. The van der Waals surface area contributed by atoms with E-state index in [4.69, 9.17) is 16.3 Å². The van der Waals surface area contributed by atoms with Crippen LogP contribution in [-0.4, -0.2) is 46.9 Å². The van der Waals surface area contributed by atoms with E-state index in [1.54, 1.807) is 6.07 Å². The van der Waals surface area contributed by atoms with Gasteiger partial charge in [0.05, 0.1) is 23.7 Å². The first-order valence-corrected chi connectivity index (χ1v) is 10.4. The van der Waals surface area contributed by atoms with Gasteiger partial charge in [-0.3, -0.25) is 9.36 Å². The van der Waals surface area contributed by atoms with Crippen LogP contribution in [0.3, 0.4) is 0 Å². The second-order valence-electron chi connectivity index (χ2n) is 7.57. The van der Waals surface area contributed by atoms with Crippen molar-refractivity contribution >= 4 is 46.3 Å². The zero-order valence-electron chi connectivity index (χ0n) is 18.4. The molecule has 7 nitrogen and oxygen atoms in total. The van der Waals surface area contributed by atoms with Crippen molar-refractivity contribution in [1.29, 1.82) is 0 Å². The zero-order chi connectivity index (χ0) is 25.5. The van der Waals surface area contributed by atoms with Gasteiger partial charge in [-0.25, -0.2) is 14.4 Å². The molecule has 1 atom stereocenters. The lowest BCUT2D eigenvalue weighted by Gasteiger charge is -2.28. The van der Waals surface area contributed by atoms with E-state index < -0.39 is 29.9 Å². The molecule has 0 fully saturated rings. The first kappa shape index (κ1) is 24.3. The molecule has 4 rings (SSSR count). The van der Waals surface area contributed by atoms with Crippen LogP contribution in [-0.2, 0) is 10.9 Å². The van der Waals surface area contributed by atoms with E-state index >= 15 is 0 Å². The maximum atomic E-state index is 14.1. The number of imidazole rings is 1. The van der Waals surface area contributed by atoms with Gasteiger partial charge in [-0.2, -0.15) is 13.2 Å². The highest BCUT2D eigenvalue weighted by atomic mass is 35.5. The van der Waals surface area contributed by atoms with Crippen LogP contribution >= 0.6 is 11.6 Å². The van der Waals surface area contributed by atoms with E-state index in [2.05, 4.69) is 21.9 Å². The van der Waals surface area contributed by atoms with Crippen LogP contribution in [0.15, 0.2) is 54.2 Å². The van der Waals surface area contributed by atoms with E-state index in [9.17, 15) is 22.4 Å². The molecule has 0 saturated heterocycles. The van der Waals surface area contributed by atoms with Gasteiger partial charge in [0.25, 0.3) is 5.91 Å². The second kappa shape index (κ2) is 9.06. The van der Waals surface area contributed by atoms with Crippen molar-refractivity contribution in [1.82, 2.24) is 19.8 Å². The quantitative estimate of drug-likeness (QED) is 0.390. The molecule has 1 aliphatic heterocycles. The largest absolute Gasteiger partial charge is 0.497 e. The van der Waals surface area contributed by atoms with Gasteiger partial charge in [-0.05, 0) is 36.4 Å². The molecule has 0 saturated carbocycles. The number of aromatic nitrogens is 2. The molecule has 1 aliphatic rings. The Morgan fingerprint density at radius 1 is 1.23 bits per heavy atom. The van der Waals surface area contributed by atoms with Crippen LogP contribution in [0.2, 0.25) is 5.02 Å². The average molecular weight is 508 g/mol. The Hall–Kier alpha value is -3.86. The van der Waals surface area contributed by atoms with Crippen LogP contribution in [0.4, 0.5) is 17.6 Å². The number of carbonyl (C=O) groups excluding carboxylic acids is 1. The maximum Gasteiger partial charge on any atom is 0.450 e. The number of fused-ring (bicyclic) bond motifs is 1. The summed E-state index contributed by atoms with van der Waals surface area (Å²) in [7, 11) is 2.93. The number of hydrogen-bond donors (Lipinski definition) is 1. The molecule has 0 bridgehead atoms. The number of alkyl halides is 3. The molecule has 182 valence electrons. The normalized spacial score (nSPS) is 15.8. The number of nitrogens with one attached hydrogen (secondary N) is 1. The number of methoxy groups -OCH3 is 1. The molecule has 1 unspecified atom stereocenters. The van der Waals surface area contributed by atoms with Gasteiger partial charge in [0.15, 0.2) is 5.82 Å². The predicted molar refractivity (Wildman–Crippen MR) is 124 cm³/mol. The standard InChI is InChI=1S/C23H18ClF4N5O2/c1-12(35-3)13-4-7-18-17(8-13)30-22(23(26,27)28)33(18)20-11-32(2)19(10-29-20)31-21(34)15-6-5-14(24)9-16(15)25/h4-11,19H,1H2,2-3H3,(H,31,34). The minimum absolute atomic E-state index is 0.0698. The van der Waals surface area contributed by atoms with Crippen molar-refractivity contribution in [3.63, 3.8) is 0 Å². The van der Waals surface area contributed by atoms with Crippen molar-refractivity contribution in [3.05, 3.63) is 77.0 Å². The first-order valence-electron chi connectivity index (χ1n) is 10.1. The molecule has 1 N–H and O–H groups in total. The lowest BCUT2D eigenvalue weighted by molar-refractivity contribution is -0.145. The van der Waals surface area contributed by atoms with E-state index in [0.29, 0.717) is 5.56 Å². The van der Waals surface area contributed by atoms with Gasteiger partial charge in [-0.15, -0.1) is 0 Å². The molecule has 1 amide bonds. The topological polar surface area (TPSA) is 71.8 Å². The third kappa shape index (κ3) is 4.72. The Morgan fingerprint density at radius 3 is 2.60 bits per heavy atom. The fraction of sp³-hybridized carbons (Fsp3) is 0.174. The number of rotatable bonds is 5. The summed E-state index contributed by atoms with van der Waals surface area (Å²) in [5.74, 6) is -2.52. The predicted octanol–water partition coefficient (Wildman–Crippen LogP) is 4.99. The average Bonchev–Trinajstić information content (AvgIpc) is 3.19. The number of benzene rings is 2. The molecule has 12 heteroatoms. The highest BCUT2D eigenvalue weighted by Gasteiger charge is 2.39. The van der Waals surface area contributed by atoms with E-state index in [1.165, 1.54) is 55.7 Å². The van der Waals surface area contributed by atoms with Crippen LogP contribution in [0, 0.1) is 5.82 Å². The van der Waals surface area contributed by atoms with E-state index in [-0.39, 0.29) is 33.2 Å². The minimum atomic E-state index is -4.77. The van der Waals surface area contributed by atoms with Crippen LogP contribution < -0.4 is 5.32 Å². The minimum Gasteiger partial charge on any atom is -0.497 e. The Labute approximate surface area is 202 Å². The van der Waals surface area contributed by atoms with Gasteiger partial charge in [-0.1, -0.05) is 18.2 Å². The molecule has 1 aromatic heterocycles.